The van der Waals surface area contributed by atoms with E-state index < -0.39 is 22.5 Å². The molecule has 24 heavy (non-hydrogen) atoms. The van der Waals surface area contributed by atoms with E-state index in [2.05, 4.69) is 0 Å². The highest BCUT2D eigenvalue weighted by Gasteiger charge is 2.29. The summed E-state index contributed by atoms with van der Waals surface area (Å²) in [6.07, 6.45) is 0. The fourth-order valence-corrected chi connectivity index (χ4v) is 3.87. The number of hydrogen-bond donors (Lipinski definition) is 0. The van der Waals surface area contributed by atoms with Crippen LogP contribution in [0.25, 0.3) is 0 Å². The molecule has 0 atom stereocenters. The second-order valence-corrected chi connectivity index (χ2v) is 7.28. The molecule has 2 aromatic rings. The monoisotopic (exact) mass is 367 g/mol. The van der Waals surface area contributed by atoms with Gasteiger partial charge in [-0.3, -0.25) is 9.10 Å². The lowest BCUT2D eigenvalue weighted by Gasteiger charge is -2.25. The molecule has 0 radical (unpaired) electrons. The number of halogens is 1. The third kappa shape index (κ3) is 3.88. The summed E-state index contributed by atoms with van der Waals surface area (Å²) in [5.74, 6) is -0.628. The lowest BCUT2D eigenvalue weighted by atomic mass is 10.2. The zero-order chi connectivity index (χ0) is 17.7. The number of rotatable bonds is 6. The van der Waals surface area contributed by atoms with Crippen LogP contribution in [0.3, 0.4) is 0 Å². The zero-order valence-electron chi connectivity index (χ0n) is 13.4. The van der Waals surface area contributed by atoms with Gasteiger partial charge in [0.25, 0.3) is 10.0 Å². The van der Waals surface area contributed by atoms with Crippen molar-refractivity contribution in [3.8, 4) is 0 Å². The lowest BCUT2D eigenvalue weighted by Crippen LogP contribution is -2.37. The molecule has 0 saturated heterocycles. The summed E-state index contributed by atoms with van der Waals surface area (Å²) in [6.45, 7) is 3.12. The van der Waals surface area contributed by atoms with Crippen molar-refractivity contribution in [2.24, 2.45) is 0 Å². The number of ether oxygens (including phenoxy) is 1. The Morgan fingerprint density at radius 1 is 1.12 bits per heavy atom. The predicted molar refractivity (Wildman–Crippen MR) is 93.8 cm³/mol. The standard InChI is InChI=1S/C17H18ClNO4S/c1-3-23-17(20)12-19(16-11-7-10-15(18)13(16)2)24(21,22)14-8-5-4-6-9-14/h4-11H,3,12H2,1-2H3. The maximum Gasteiger partial charge on any atom is 0.326 e. The Hall–Kier alpha value is -2.05. The molecule has 0 heterocycles. The van der Waals surface area contributed by atoms with Crippen LogP contribution in [0, 0.1) is 6.92 Å². The molecule has 0 saturated carbocycles. The van der Waals surface area contributed by atoms with Gasteiger partial charge in [0.15, 0.2) is 0 Å². The average molecular weight is 368 g/mol. The largest absolute Gasteiger partial charge is 0.465 e. The molecular formula is C17H18ClNO4S. The third-order valence-electron chi connectivity index (χ3n) is 3.42. The van der Waals surface area contributed by atoms with Crippen LogP contribution in [0.5, 0.6) is 0 Å². The summed E-state index contributed by atoms with van der Waals surface area (Å²) in [5, 5.41) is 0.421. The van der Waals surface area contributed by atoms with Crippen molar-refractivity contribution in [1.29, 1.82) is 0 Å². The Bertz CT molecular complexity index is 822. The van der Waals surface area contributed by atoms with E-state index in [1.165, 1.54) is 12.1 Å². The van der Waals surface area contributed by atoms with Crippen LogP contribution in [0.1, 0.15) is 12.5 Å². The maximum atomic E-state index is 13.0. The summed E-state index contributed by atoms with van der Waals surface area (Å²) in [5.41, 5.74) is 0.919. The van der Waals surface area contributed by atoms with Gasteiger partial charge in [-0.1, -0.05) is 35.9 Å². The molecule has 0 amide bonds. The first-order valence-corrected chi connectivity index (χ1v) is 9.18. The second kappa shape index (κ2) is 7.68. The Kier molecular flexibility index (Phi) is 5.85. The summed E-state index contributed by atoms with van der Waals surface area (Å²) in [7, 11) is -3.93. The van der Waals surface area contributed by atoms with Crippen LogP contribution in [-0.4, -0.2) is 27.5 Å². The smallest absolute Gasteiger partial charge is 0.326 e. The van der Waals surface area contributed by atoms with Crippen LogP contribution in [-0.2, 0) is 19.6 Å². The number of hydrogen-bond acceptors (Lipinski definition) is 4. The number of sulfonamides is 1. The van der Waals surface area contributed by atoms with Gasteiger partial charge in [-0.25, -0.2) is 8.42 Å². The summed E-state index contributed by atoms with van der Waals surface area (Å²) in [4.78, 5) is 12.0. The van der Waals surface area contributed by atoms with Gasteiger partial charge in [0.1, 0.15) is 6.54 Å². The molecule has 0 aliphatic heterocycles. The van der Waals surface area contributed by atoms with E-state index in [0.29, 0.717) is 16.3 Å². The molecule has 0 unspecified atom stereocenters. The molecule has 7 heteroatoms. The fraction of sp³-hybridized carbons (Fsp3) is 0.235. The van der Waals surface area contributed by atoms with Gasteiger partial charge in [0, 0.05) is 5.02 Å². The minimum atomic E-state index is -3.93. The van der Waals surface area contributed by atoms with Crippen molar-refractivity contribution in [3.63, 3.8) is 0 Å². The normalized spacial score (nSPS) is 11.1. The van der Waals surface area contributed by atoms with E-state index in [-0.39, 0.29) is 11.5 Å². The summed E-state index contributed by atoms with van der Waals surface area (Å²) >= 11 is 6.11. The highest BCUT2D eigenvalue weighted by molar-refractivity contribution is 7.92. The number of benzene rings is 2. The van der Waals surface area contributed by atoms with Crippen LogP contribution < -0.4 is 4.31 Å². The van der Waals surface area contributed by atoms with E-state index in [0.717, 1.165) is 4.31 Å². The molecule has 0 aromatic heterocycles. The minimum Gasteiger partial charge on any atom is -0.465 e. The molecule has 2 aromatic carbocycles. The Labute approximate surface area is 146 Å². The van der Waals surface area contributed by atoms with Gasteiger partial charge in [0.2, 0.25) is 0 Å². The molecular weight excluding hydrogens is 350 g/mol. The van der Waals surface area contributed by atoms with Crippen molar-refractivity contribution < 1.29 is 17.9 Å². The van der Waals surface area contributed by atoms with E-state index >= 15 is 0 Å². The van der Waals surface area contributed by atoms with Gasteiger partial charge >= 0.3 is 5.97 Å². The van der Waals surface area contributed by atoms with E-state index in [1.807, 2.05) is 0 Å². The first-order chi connectivity index (χ1) is 11.4. The van der Waals surface area contributed by atoms with Gasteiger partial charge < -0.3 is 4.74 Å². The van der Waals surface area contributed by atoms with Crippen LogP contribution >= 0.6 is 11.6 Å². The number of carbonyl (C=O) groups is 1. The second-order valence-electron chi connectivity index (χ2n) is 5.01. The highest BCUT2D eigenvalue weighted by atomic mass is 35.5. The van der Waals surface area contributed by atoms with Gasteiger partial charge in [-0.05, 0) is 43.7 Å². The molecule has 0 bridgehead atoms. The first-order valence-electron chi connectivity index (χ1n) is 7.36. The Balaban J connectivity index is 2.55. The lowest BCUT2D eigenvalue weighted by molar-refractivity contribution is -0.141. The van der Waals surface area contributed by atoms with Crippen LogP contribution in [0.15, 0.2) is 53.4 Å². The molecule has 0 N–H and O–H groups in total. The molecule has 2 rings (SSSR count). The molecule has 0 fully saturated rings. The van der Waals surface area contributed by atoms with Crippen molar-refractivity contribution in [1.82, 2.24) is 0 Å². The number of esters is 1. The number of carbonyl (C=O) groups excluding carboxylic acids is 1. The van der Waals surface area contributed by atoms with Crippen molar-refractivity contribution in [2.75, 3.05) is 17.5 Å². The average Bonchev–Trinajstić information content (AvgIpc) is 2.56. The predicted octanol–water partition coefficient (Wildman–Crippen LogP) is 3.41. The number of nitrogens with zero attached hydrogens (tertiary/aromatic N) is 1. The molecule has 128 valence electrons. The van der Waals surface area contributed by atoms with Gasteiger partial charge in [-0.15, -0.1) is 0 Å². The third-order valence-corrected chi connectivity index (χ3v) is 5.60. The van der Waals surface area contributed by atoms with Crippen molar-refractivity contribution in [3.05, 3.63) is 59.1 Å². The molecule has 0 spiro atoms. The zero-order valence-corrected chi connectivity index (χ0v) is 15.0. The van der Waals surface area contributed by atoms with Gasteiger partial charge in [-0.2, -0.15) is 0 Å². The summed E-state index contributed by atoms with van der Waals surface area (Å²) < 4.78 is 32.0. The maximum absolute atomic E-state index is 13.0. The quantitative estimate of drug-likeness (QED) is 0.734. The molecule has 5 nitrogen and oxygen atoms in total. The summed E-state index contributed by atoms with van der Waals surface area (Å²) in [6, 6.07) is 12.9. The van der Waals surface area contributed by atoms with Crippen molar-refractivity contribution >= 4 is 33.3 Å². The molecule has 0 aliphatic rings. The topological polar surface area (TPSA) is 63.7 Å². The van der Waals surface area contributed by atoms with Crippen LogP contribution in [0.4, 0.5) is 5.69 Å². The van der Waals surface area contributed by atoms with E-state index in [9.17, 15) is 13.2 Å². The Morgan fingerprint density at radius 2 is 1.79 bits per heavy atom. The number of anilines is 1. The highest BCUT2D eigenvalue weighted by Crippen LogP contribution is 2.30. The first kappa shape index (κ1) is 18.3. The SMILES string of the molecule is CCOC(=O)CN(c1cccc(Cl)c1C)S(=O)(=O)c1ccccc1. The minimum absolute atomic E-state index is 0.0914. The molecule has 0 aliphatic carbocycles. The van der Waals surface area contributed by atoms with Crippen LogP contribution in [0.2, 0.25) is 5.02 Å². The van der Waals surface area contributed by atoms with E-state index in [4.69, 9.17) is 16.3 Å². The Morgan fingerprint density at radius 3 is 2.42 bits per heavy atom. The van der Waals surface area contributed by atoms with E-state index in [1.54, 1.807) is 50.2 Å². The fourth-order valence-electron chi connectivity index (χ4n) is 2.21. The van der Waals surface area contributed by atoms with Crippen molar-refractivity contribution in [2.45, 2.75) is 18.7 Å². The van der Waals surface area contributed by atoms with Gasteiger partial charge in [0.05, 0.1) is 17.2 Å².